The number of benzene rings is 2. The lowest BCUT2D eigenvalue weighted by Gasteiger charge is -2.35. The van der Waals surface area contributed by atoms with Gasteiger partial charge in [0.15, 0.2) is 0 Å². The average Bonchev–Trinajstić information content (AvgIpc) is 3.08. The van der Waals surface area contributed by atoms with Gasteiger partial charge in [-0.15, -0.1) is 0 Å². The van der Waals surface area contributed by atoms with Crippen molar-refractivity contribution in [3.05, 3.63) is 69.3 Å². The Morgan fingerprint density at radius 2 is 1.09 bits per heavy atom. The quantitative estimate of drug-likeness (QED) is 0.323. The van der Waals surface area contributed by atoms with Crippen LogP contribution in [0.5, 0.6) is 0 Å². The molecule has 1 amide bonds. The van der Waals surface area contributed by atoms with Gasteiger partial charge >= 0.3 is 18.0 Å². The third-order valence-electron chi connectivity index (χ3n) is 8.93. The first-order chi connectivity index (χ1) is 24.6. The first-order valence-electron chi connectivity index (χ1n) is 17.8. The molecule has 0 bridgehead atoms. The van der Waals surface area contributed by atoms with E-state index in [1.54, 1.807) is 30.9 Å². The van der Waals surface area contributed by atoms with Crippen molar-refractivity contribution >= 4 is 18.0 Å². The molecular weight excluding hydrogens is 682 g/mol. The summed E-state index contributed by atoms with van der Waals surface area (Å²) < 4.78 is 34.7. The molecule has 0 aromatic heterocycles. The second-order valence-corrected chi connectivity index (χ2v) is 15.6. The Morgan fingerprint density at radius 3 is 1.47 bits per heavy atom. The lowest BCUT2D eigenvalue weighted by Crippen LogP contribution is -2.49. The fraction of sp³-hybridized carbons (Fsp3) is 0.537. The van der Waals surface area contributed by atoms with Gasteiger partial charge in [0, 0.05) is 65.4 Å². The highest BCUT2D eigenvalue weighted by Crippen LogP contribution is 2.23. The SMILES string of the molecule is Cc1ccc(CN2CCN(C(=O)OC(C)(C)C)CC2)c(C#CC(C)(C)C(=O)O)c1F.Cc1ccc(CN2CCNCC2)c(C#CC(C)(C)C(=O)O)c1F. The molecule has 2 heterocycles. The molecule has 3 N–H and O–H groups in total. The summed E-state index contributed by atoms with van der Waals surface area (Å²) in [6.45, 7) is 21.9. The van der Waals surface area contributed by atoms with E-state index in [4.69, 9.17) is 9.84 Å². The van der Waals surface area contributed by atoms with Gasteiger partial charge in [-0.1, -0.05) is 47.9 Å². The Hall–Kier alpha value is -4.49. The van der Waals surface area contributed by atoms with Crippen molar-refractivity contribution in [3.63, 3.8) is 0 Å². The fourth-order valence-corrected chi connectivity index (χ4v) is 5.28. The summed E-state index contributed by atoms with van der Waals surface area (Å²) in [6, 6.07) is 7.17. The molecule has 0 atom stereocenters. The van der Waals surface area contributed by atoms with E-state index in [0.29, 0.717) is 61.5 Å². The molecule has 12 heteroatoms. The Labute approximate surface area is 312 Å². The number of carbonyl (C=O) groups excluding carboxylic acids is 1. The van der Waals surface area contributed by atoms with E-state index < -0.39 is 34.2 Å². The summed E-state index contributed by atoms with van der Waals surface area (Å²) >= 11 is 0. The van der Waals surface area contributed by atoms with Gasteiger partial charge in [-0.3, -0.25) is 19.4 Å². The number of hydrogen-bond acceptors (Lipinski definition) is 7. The van der Waals surface area contributed by atoms with E-state index in [0.717, 1.165) is 31.7 Å². The minimum Gasteiger partial charge on any atom is -0.480 e. The zero-order chi connectivity index (χ0) is 39.7. The number of rotatable bonds is 6. The van der Waals surface area contributed by atoms with Crippen LogP contribution in [0.2, 0.25) is 0 Å². The molecule has 2 aliphatic rings. The predicted octanol–water partition coefficient (Wildman–Crippen LogP) is 5.65. The standard InChI is InChI=1S/C23H31FN2O4.C18H23FN2O2/c1-16-7-8-17(18(19(16)24)9-10-23(5,6)20(27)28)15-25-11-13-26(14-12-25)21(29)30-22(2,3)4;1-13-4-5-14(12-21-10-8-20-9-11-21)15(16(13)19)6-7-18(2,3)17(22)23/h7-8H,11-15H2,1-6H3,(H,27,28);4-5,20H,8-12H2,1-3H3,(H,22,23). The molecule has 2 aromatic carbocycles. The van der Waals surface area contributed by atoms with Crippen molar-refractivity contribution in [2.45, 2.75) is 81.0 Å². The normalized spacial score (nSPS) is 15.6. The van der Waals surface area contributed by atoms with Gasteiger partial charge in [0.05, 0.1) is 11.1 Å². The molecule has 0 aliphatic carbocycles. The highest BCUT2D eigenvalue weighted by molar-refractivity contribution is 5.78. The van der Waals surface area contributed by atoms with Crippen LogP contribution < -0.4 is 5.32 Å². The molecule has 2 saturated heterocycles. The minimum atomic E-state index is -1.27. The zero-order valence-electron chi connectivity index (χ0n) is 32.5. The lowest BCUT2D eigenvalue weighted by atomic mass is 9.93. The smallest absolute Gasteiger partial charge is 0.410 e. The van der Waals surface area contributed by atoms with Crippen molar-refractivity contribution in [1.82, 2.24) is 20.0 Å². The van der Waals surface area contributed by atoms with Crippen LogP contribution in [0.1, 0.15) is 81.8 Å². The summed E-state index contributed by atoms with van der Waals surface area (Å²) in [5.74, 6) is 8.10. The maximum Gasteiger partial charge on any atom is 0.410 e. The van der Waals surface area contributed by atoms with Gasteiger partial charge in [-0.05, 0) is 84.6 Å². The van der Waals surface area contributed by atoms with Crippen LogP contribution in [0.3, 0.4) is 0 Å². The zero-order valence-corrected chi connectivity index (χ0v) is 32.5. The monoisotopic (exact) mass is 736 g/mol. The number of aryl methyl sites for hydroxylation is 2. The van der Waals surface area contributed by atoms with E-state index in [9.17, 15) is 28.3 Å². The summed E-state index contributed by atoms with van der Waals surface area (Å²) in [4.78, 5) is 40.8. The number of carboxylic acid groups (broad SMARTS) is 2. The Morgan fingerprint density at radius 1 is 0.698 bits per heavy atom. The summed E-state index contributed by atoms with van der Waals surface area (Å²) in [5.41, 5.74) is 0.0373. The number of carboxylic acids is 2. The molecule has 0 spiro atoms. The van der Waals surface area contributed by atoms with Gasteiger partial charge in [0.1, 0.15) is 28.1 Å². The first-order valence-corrected chi connectivity index (χ1v) is 17.8. The average molecular weight is 737 g/mol. The molecule has 0 unspecified atom stereocenters. The molecule has 53 heavy (non-hydrogen) atoms. The van der Waals surface area contributed by atoms with E-state index in [2.05, 4.69) is 38.8 Å². The van der Waals surface area contributed by atoms with Crippen molar-refractivity contribution in [1.29, 1.82) is 0 Å². The van der Waals surface area contributed by atoms with Gasteiger partial charge in [0.25, 0.3) is 0 Å². The van der Waals surface area contributed by atoms with E-state index in [1.165, 1.54) is 27.7 Å². The summed E-state index contributed by atoms with van der Waals surface area (Å²) in [7, 11) is 0. The molecular formula is C41H54F2N4O6. The number of halogens is 2. The van der Waals surface area contributed by atoms with Crippen LogP contribution >= 0.6 is 0 Å². The van der Waals surface area contributed by atoms with Crippen LogP contribution in [0.15, 0.2) is 24.3 Å². The number of ether oxygens (including phenoxy) is 1. The molecule has 2 aliphatic heterocycles. The number of aliphatic carboxylic acids is 2. The van der Waals surface area contributed by atoms with E-state index >= 15 is 0 Å². The van der Waals surface area contributed by atoms with Gasteiger partial charge in [-0.25, -0.2) is 13.6 Å². The van der Waals surface area contributed by atoms with Crippen molar-refractivity contribution in [2.24, 2.45) is 10.8 Å². The number of carbonyl (C=O) groups is 3. The number of nitrogens with zero attached hydrogens (tertiary/aromatic N) is 3. The van der Waals surface area contributed by atoms with Gasteiger partial charge < -0.3 is 25.2 Å². The highest BCUT2D eigenvalue weighted by atomic mass is 19.1. The Kier molecular flexibility index (Phi) is 14.6. The molecule has 2 fully saturated rings. The van der Waals surface area contributed by atoms with Crippen LogP contribution in [0.4, 0.5) is 13.6 Å². The highest BCUT2D eigenvalue weighted by Gasteiger charge is 2.28. The summed E-state index contributed by atoms with van der Waals surface area (Å²) in [6.07, 6.45) is -0.328. The van der Waals surface area contributed by atoms with Crippen LogP contribution in [0, 0.1) is 60.0 Å². The van der Waals surface area contributed by atoms with Crippen LogP contribution in [0.25, 0.3) is 0 Å². The van der Waals surface area contributed by atoms with Crippen LogP contribution in [-0.4, -0.2) is 101 Å². The third-order valence-corrected chi connectivity index (χ3v) is 8.93. The third kappa shape index (κ3) is 12.6. The molecule has 10 nitrogen and oxygen atoms in total. The molecule has 0 radical (unpaired) electrons. The molecule has 4 rings (SSSR count). The topological polar surface area (TPSA) is 123 Å². The largest absolute Gasteiger partial charge is 0.480 e. The van der Waals surface area contributed by atoms with Crippen molar-refractivity contribution in [2.75, 3.05) is 52.4 Å². The number of amides is 1. The molecule has 0 saturated carbocycles. The van der Waals surface area contributed by atoms with Crippen molar-refractivity contribution < 1.29 is 38.1 Å². The number of piperazine rings is 2. The molecule has 288 valence electrons. The second-order valence-electron chi connectivity index (χ2n) is 15.6. The number of nitrogens with one attached hydrogen (secondary N) is 1. The fourth-order valence-electron chi connectivity index (χ4n) is 5.28. The van der Waals surface area contributed by atoms with Crippen LogP contribution in [-0.2, 0) is 27.4 Å². The second kappa shape index (κ2) is 18.0. The molecule has 2 aromatic rings. The van der Waals surface area contributed by atoms with Gasteiger partial charge in [0.2, 0.25) is 0 Å². The Balaban J connectivity index is 0.000000295. The maximum atomic E-state index is 14.8. The lowest BCUT2D eigenvalue weighted by molar-refractivity contribution is -0.144. The van der Waals surface area contributed by atoms with Crippen molar-refractivity contribution in [3.8, 4) is 23.7 Å². The van der Waals surface area contributed by atoms with E-state index in [1.807, 2.05) is 32.9 Å². The predicted molar refractivity (Wildman–Crippen MR) is 200 cm³/mol. The van der Waals surface area contributed by atoms with Gasteiger partial charge in [-0.2, -0.15) is 0 Å². The Bertz CT molecular complexity index is 1780. The first kappa shape index (κ1) is 42.9. The summed E-state index contributed by atoms with van der Waals surface area (Å²) in [5, 5.41) is 21.7. The number of hydrogen-bond donors (Lipinski definition) is 3. The van der Waals surface area contributed by atoms with E-state index in [-0.39, 0.29) is 17.5 Å². The minimum absolute atomic E-state index is 0.235. The maximum absolute atomic E-state index is 14.8.